The predicted octanol–water partition coefficient (Wildman–Crippen LogP) is 1.50. The Morgan fingerprint density at radius 2 is 2.22 bits per heavy atom. The fourth-order valence-electron chi connectivity index (χ4n) is 2.47. The fourth-order valence-corrected chi connectivity index (χ4v) is 3.71. The van der Waals surface area contributed by atoms with Gasteiger partial charge in [0.1, 0.15) is 10.6 Å². The number of benzene rings is 1. The van der Waals surface area contributed by atoms with Crippen molar-refractivity contribution in [2.24, 2.45) is 0 Å². The zero-order valence-electron chi connectivity index (χ0n) is 13.3. The number of rotatable bonds is 7. The van der Waals surface area contributed by atoms with Crippen molar-refractivity contribution in [1.29, 1.82) is 0 Å². The topological polar surface area (TPSA) is 93.7 Å². The van der Waals surface area contributed by atoms with Crippen LogP contribution in [0.4, 0.5) is 5.69 Å². The summed E-state index contributed by atoms with van der Waals surface area (Å²) in [5.74, 6) is -0.0476. The van der Waals surface area contributed by atoms with Gasteiger partial charge in [-0.3, -0.25) is 4.79 Å². The quantitative estimate of drug-likeness (QED) is 0.783. The number of anilines is 1. The smallest absolute Gasteiger partial charge is 0.244 e. The number of carbonyl (C=O) groups excluding carboxylic acids is 1. The molecule has 1 atom stereocenters. The lowest BCUT2D eigenvalue weighted by Crippen LogP contribution is -2.27. The Morgan fingerprint density at radius 1 is 1.43 bits per heavy atom. The van der Waals surface area contributed by atoms with Crippen molar-refractivity contribution in [3.63, 3.8) is 0 Å². The van der Waals surface area contributed by atoms with Crippen LogP contribution in [0.5, 0.6) is 5.75 Å². The van der Waals surface area contributed by atoms with Gasteiger partial charge in [-0.15, -0.1) is 0 Å². The summed E-state index contributed by atoms with van der Waals surface area (Å²) in [6.07, 6.45) is 2.73. The number of carbonyl (C=O) groups is 1. The summed E-state index contributed by atoms with van der Waals surface area (Å²) >= 11 is 0. The first-order valence-corrected chi connectivity index (χ1v) is 8.97. The minimum atomic E-state index is -3.73. The van der Waals surface area contributed by atoms with Crippen LogP contribution in [0.3, 0.4) is 0 Å². The maximum Gasteiger partial charge on any atom is 0.244 e. The van der Waals surface area contributed by atoms with E-state index in [0.717, 1.165) is 19.4 Å². The highest BCUT2D eigenvalue weighted by Crippen LogP contribution is 2.27. The molecule has 7 nitrogen and oxygen atoms in total. The Morgan fingerprint density at radius 3 is 2.83 bits per heavy atom. The van der Waals surface area contributed by atoms with E-state index in [0.29, 0.717) is 18.7 Å². The van der Waals surface area contributed by atoms with Crippen molar-refractivity contribution in [1.82, 2.24) is 4.72 Å². The van der Waals surface area contributed by atoms with Crippen LogP contribution in [0.25, 0.3) is 0 Å². The standard InChI is InChI=1S/C15H22N2O5S/c1-11(18)17-12-5-6-14(21-2)15(10-12)23(19,20)16-8-7-13-4-3-9-22-13/h5-6,10,13,16H,3-4,7-9H2,1-2H3,(H,17,18). The van der Waals surface area contributed by atoms with Crippen LogP contribution in [0.15, 0.2) is 23.1 Å². The lowest BCUT2D eigenvalue weighted by molar-refractivity contribution is -0.114. The molecule has 1 aliphatic rings. The lowest BCUT2D eigenvalue weighted by Gasteiger charge is -2.14. The minimum absolute atomic E-state index is 0.00131. The largest absolute Gasteiger partial charge is 0.495 e. The molecule has 8 heteroatoms. The third-order valence-electron chi connectivity index (χ3n) is 3.56. The molecule has 0 radical (unpaired) electrons. The average Bonchev–Trinajstić information content (AvgIpc) is 2.99. The van der Waals surface area contributed by atoms with Crippen LogP contribution in [-0.4, -0.2) is 40.7 Å². The highest BCUT2D eigenvalue weighted by Gasteiger charge is 2.22. The van der Waals surface area contributed by atoms with Crippen molar-refractivity contribution in [3.05, 3.63) is 18.2 Å². The van der Waals surface area contributed by atoms with Crippen molar-refractivity contribution < 1.29 is 22.7 Å². The molecule has 2 rings (SSSR count). The second-order valence-corrected chi connectivity index (χ2v) is 7.10. The molecule has 1 aliphatic heterocycles. The molecule has 0 spiro atoms. The van der Waals surface area contributed by atoms with Crippen LogP contribution in [0, 0.1) is 0 Å². The molecule has 1 aromatic carbocycles. The summed E-state index contributed by atoms with van der Waals surface area (Å²) in [5.41, 5.74) is 0.401. The zero-order chi connectivity index (χ0) is 16.9. The predicted molar refractivity (Wildman–Crippen MR) is 86.1 cm³/mol. The summed E-state index contributed by atoms with van der Waals surface area (Å²) < 4.78 is 38.1. The van der Waals surface area contributed by atoms with Crippen LogP contribution in [-0.2, 0) is 19.6 Å². The first-order valence-electron chi connectivity index (χ1n) is 7.49. The maximum atomic E-state index is 12.5. The summed E-state index contributed by atoms with van der Waals surface area (Å²) in [6.45, 7) is 2.39. The molecule has 1 heterocycles. The number of methoxy groups -OCH3 is 1. The Labute approximate surface area is 136 Å². The van der Waals surface area contributed by atoms with Gasteiger partial charge < -0.3 is 14.8 Å². The van der Waals surface area contributed by atoms with E-state index in [-0.39, 0.29) is 22.7 Å². The zero-order valence-corrected chi connectivity index (χ0v) is 14.1. The monoisotopic (exact) mass is 342 g/mol. The molecule has 23 heavy (non-hydrogen) atoms. The Bertz CT molecular complexity index is 654. The Balaban J connectivity index is 2.10. The molecule has 1 amide bonds. The highest BCUT2D eigenvalue weighted by molar-refractivity contribution is 7.89. The molecular weight excluding hydrogens is 320 g/mol. The molecule has 1 unspecified atom stereocenters. The van der Waals surface area contributed by atoms with Gasteiger partial charge in [-0.2, -0.15) is 0 Å². The van der Waals surface area contributed by atoms with Crippen LogP contribution in [0.2, 0.25) is 0 Å². The van der Waals surface area contributed by atoms with E-state index in [1.807, 2.05) is 0 Å². The van der Waals surface area contributed by atoms with Crippen molar-refractivity contribution in [2.75, 3.05) is 25.6 Å². The van der Waals surface area contributed by atoms with Crippen LogP contribution in [0.1, 0.15) is 26.2 Å². The second-order valence-electron chi connectivity index (χ2n) is 5.37. The Kier molecular flexibility index (Phi) is 5.97. The van der Waals surface area contributed by atoms with Crippen molar-refractivity contribution >= 4 is 21.6 Å². The maximum absolute atomic E-state index is 12.5. The third kappa shape index (κ3) is 4.92. The van der Waals surface area contributed by atoms with Gasteiger partial charge in [0.25, 0.3) is 0 Å². The first-order chi connectivity index (χ1) is 10.9. The van der Waals surface area contributed by atoms with Gasteiger partial charge in [0.05, 0.1) is 13.2 Å². The molecule has 0 saturated carbocycles. The van der Waals surface area contributed by atoms with E-state index in [9.17, 15) is 13.2 Å². The SMILES string of the molecule is COc1ccc(NC(C)=O)cc1S(=O)(=O)NCCC1CCCO1. The molecular formula is C15H22N2O5S. The highest BCUT2D eigenvalue weighted by atomic mass is 32.2. The number of hydrogen-bond acceptors (Lipinski definition) is 5. The summed E-state index contributed by atoms with van der Waals surface area (Å²) in [7, 11) is -2.33. The molecule has 0 bridgehead atoms. The molecule has 1 saturated heterocycles. The van der Waals surface area contributed by atoms with Gasteiger partial charge >= 0.3 is 0 Å². The lowest BCUT2D eigenvalue weighted by atomic mass is 10.2. The average molecular weight is 342 g/mol. The second kappa shape index (κ2) is 7.76. The number of ether oxygens (including phenoxy) is 2. The van der Waals surface area contributed by atoms with E-state index < -0.39 is 10.0 Å². The van der Waals surface area contributed by atoms with Gasteiger partial charge in [-0.25, -0.2) is 13.1 Å². The van der Waals surface area contributed by atoms with Crippen molar-refractivity contribution in [2.45, 2.75) is 37.2 Å². The molecule has 128 valence electrons. The minimum Gasteiger partial charge on any atom is -0.495 e. The number of amides is 1. The normalized spacial score (nSPS) is 17.9. The van der Waals surface area contributed by atoms with Gasteiger partial charge in [-0.05, 0) is 37.5 Å². The van der Waals surface area contributed by atoms with Gasteiger partial charge in [-0.1, -0.05) is 0 Å². The molecule has 2 N–H and O–H groups in total. The van der Waals surface area contributed by atoms with E-state index in [1.165, 1.54) is 26.2 Å². The van der Waals surface area contributed by atoms with Crippen molar-refractivity contribution in [3.8, 4) is 5.75 Å². The van der Waals surface area contributed by atoms with Gasteiger partial charge in [0.2, 0.25) is 15.9 Å². The van der Waals surface area contributed by atoms with Gasteiger partial charge in [0, 0.05) is 25.8 Å². The van der Waals surface area contributed by atoms with E-state index in [2.05, 4.69) is 10.0 Å². The fraction of sp³-hybridized carbons (Fsp3) is 0.533. The molecule has 0 aromatic heterocycles. The van der Waals surface area contributed by atoms with E-state index in [4.69, 9.17) is 9.47 Å². The number of sulfonamides is 1. The number of nitrogens with one attached hydrogen (secondary N) is 2. The summed E-state index contributed by atoms with van der Waals surface area (Å²) in [4.78, 5) is 11.1. The Hall–Kier alpha value is -1.64. The third-order valence-corrected chi connectivity index (χ3v) is 5.04. The molecule has 1 aromatic rings. The molecule has 1 fully saturated rings. The van der Waals surface area contributed by atoms with Crippen LogP contribution >= 0.6 is 0 Å². The summed E-state index contributed by atoms with van der Waals surface area (Å²) in [6, 6.07) is 4.49. The number of hydrogen-bond donors (Lipinski definition) is 2. The van der Waals surface area contributed by atoms with Gasteiger partial charge in [0.15, 0.2) is 0 Å². The van der Waals surface area contributed by atoms with E-state index in [1.54, 1.807) is 6.07 Å². The summed E-state index contributed by atoms with van der Waals surface area (Å²) in [5, 5.41) is 2.56. The molecule has 0 aliphatic carbocycles. The first kappa shape index (κ1) is 17.7. The van der Waals surface area contributed by atoms with E-state index >= 15 is 0 Å². The van der Waals surface area contributed by atoms with Crippen LogP contribution < -0.4 is 14.8 Å².